The lowest BCUT2D eigenvalue weighted by Crippen LogP contribution is -2.33. The van der Waals surface area contributed by atoms with Crippen molar-refractivity contribution in [1.82, 2.24) is 10.6 Å². The molecule has 0 spiro atoms. The monoisotopic (exact) mass is 346 g/mol. The zero-order valence-electron chi connectivity index (χ0n) is 16.2. The molecule has 1 unspecified atom stereocenters. The Morgan fingerprint density at radius 3 is 2.36 bits per heavy atom. The zero-order chi connectivity index (χ0) is 18.3. The van der Waals surface area contributed by atoms with E-state index in [4.69, 9.17) is 4.74 Å². The van der Waals surface area contributed by atoms with Crippen LogP contribution in [0, 0.1) is 5.92 Å². The first-order chi connectivity index (χ1) is 11.8. The van der Waals surface area contributed by atoms with Crippen LogP contribution in [0.4, 0.5) is 4.79 Å². The third-order valence-electron chi connectivity index (χ3n) is 4.84. The maximum Gasteiger partial charge on any atom is 0.407 e. The minimum Gasteiger partial charge on any atom is -0.444 e. The maximum absolute atomic E-state index is 11.6. The topological polar surface area (TPSA) is 50.4 Å². The van der Waals surface area contributed by atoms with E-state index in [-0.39, 0.29) is 6.09 Å². The van der Waals surface area contributed by atoms with Gasteiger partial charge >= 0.3 is 6.09 Å². The highest BCUT2D eigenvalue weighted by Gasteiger charge is 2.20. The molecule has 4 nitrogen and oxygen atoms in total. The SMILES string of the molecule is CC(NCc1ccc(CCNC(=O)OC(C)(C)C)cc1)C1CCCC1. The van der Waals surface area contributed by atoms with Crippen LogP contribution >= 0.6 is 0 Å². The molecule has 25 heavy (non-hydrogen) atoms. The second-order valence-electron chi connectivity index (χ2n) is 8.21. The van der Waals surface area contributed by atoms with E-state index in [1.807, 2.05) is 20.8 Å². The number of carbonyl (C=O) groups is 1. The Hall–Kier alpha value is -1.55. The standard InChI is InChI=1S/C21H34N2O2/c1-16(19-7-5-6-8-19)23-15-18-11-9-17(10-12-18)13-14-22-20(24)25-21(2,3)4/h9-12,16,19,23H,5-8,13-15H2,1-4H3,(H,22,24). The van der Waals surface area contributed by atoms with Crippen molar-refractivity contribution in [2.45, 2.75) is 78.0 Å². The van der Waals surface area contributed by atoms with E-state index in [1.54, 1.807) is 0 Å². The van der Waals surface area contributed by atoms with Gasteiger partial charge in [-0.15, -0.1) is 0 Å². The van der Waals surface area contributed by atoms with Crippen LogP contribution in [0.2, 0.25) is 0 Å². The Morgan fingerprint density at radius 2 is 1.76 bits per heavy atom. The molecule has 1 saturated carbocycles. The summed E-state index contributed by atoms with van der Waals surface area (Å²) in [5.74, 6) is 0.846. The Bertz CT molecular complexity index is 528. The van der Waals surface area contributed by atoms with Crippen LogP contribution in [0.25, 0.3) is 0 Å². The van der Waals surface area contributed by atoms with Gasteiger partial charge in [0.25, 0.3) is 0 Å². The van der Waals surface area contributed by atoms with Crippen molar-refractivity contribution in [3.05, 3.63) is 35.4 Å². The van der Waals surface area contributed by atoms with Crippen LogP contribution in [0.15, 0.2) is 24.3 Å². The normalized spacial score (nSPS) is 16.6. The average Bonchev–Trinajstić information content (AvgIpc) is 3.06. The van der Waals surface area contributed by atoms with Crippen LogP contribution in [0.5, 0.6) is 0 Å². The minimum atomic E-state index is -0.450. The van der Waals surface area contributed by atoms with Gasteiger partial charge in [0.1, 0.15) is 5.60 Å². The quantitative estimate of drug-likeness (QED) is 0.768. The third kappa shape index (κ3) is 7.47. The molecule has 0 saturated heterocycles. The van der Waals surface area contributed by atoms with Gasteiger partial charge in [-0.1, -0.05) is 37.1 Å². The van der Waals surface area contributed by atoms with E-state index < -0.39 is 5.60 Å². The van der Waals surface area contributed by atoms with Gasteiger partial charge in [-0.2, -0.15) is 0 Å². The summed E-state index contributed by atoms with van der Waals surface area (Å²) in [4.78, 5) is 11.6. The van der Waals surface area contributed by atoms with Gasteiger partial charge < -0.3 is 15.4 Å². The lowest BCUT2D eigenvalue weighted by molar-refractivity contribution is 0.0528. The minimum absolute atomic E-state index is 0.353. The highest BCUT2D eigenvalue weighted by Crippen LogP contribution is 2.27. The fraction of sp³-hybridized carbons (Fsp3) is 0.667. The largest absolute Gasteiger partial charge is 0.444 e. The number of hydrogen-bond acceptors (Lipinski definition) is 3. The molecule has 0 aliphatic heterocycles. The number of hydrogen-bond donors (Lipinski definition) is 2. The Kier molecular flexibility index (Phi) is 7.30. The highest BCUT2D eigenvalue weighted by atomic mass is 16.6. The van der Waals surface area contributed by atoms with Gasteiger partial charge in [0.05, 0.1) is 0 Å². The number of carbonyl (C=O) groups excluding carboxylic acids is 1. The van der Waals surface area contributed by atoms with Crippen molar-refractivity contribution >= 4 is 6.09 Å². The van der Waals surface area contributed by atoms with Gasteiger partial charge in [0, 0.05) is 19.1 Å². The lowest BCUT2D eigenvalue weighted by Gasteiger charge is -2.20. The van der Waals surface area contributed by atoms with Crippen molar-refractivity contribution in [2.75, 3.05) is 6.54 Å². The van der Waals surface area contributed by atoms with E-state index in [9.17, 15) is 4.79 Å². The van der Waals surface area contributed by atoms with Crippen LogP contribution < -0.4 is 10.6 Å². The number of amides is 1. The van der Waals surface area contributed by atoms with Gasteiger partial charge in [-0.05, 0) is 64.0 Å². The summed E-state index contributed by atoms with van der Waals surface area (Å²) in [6.45, 7) is 9.43. The molecule has 1 fully saturated rings. The smallest absolute Gasteiger partial charge is 0.407 e. The molecule has 0 bridgehead atoms. The summed E-state index contributed by atoms with van der Waals surface area (Å²) in [7, 11) is 0. The molecular formula is C21H34N2O2. The van der Waals surface area contributed by atoms with Gasteiger partial charge in [0.2, 0.25) is 0 Å². The van der Waals surface area contributed by atoms with E-state index in [2.05, 4.69) is 41.8 Å². The van der Waals surface area contributed by atoms with Gasteiger partial charge in [-0.25, -0.2) is 4.79 Å². The predicted molar refractivity (Wildman–Crippen MR) is 103 cm³/mol. The van der Waals surface area contributed by atoms with Crippen molar-refractivity contribution < 1.29 is 9.53 Å². The molecule has 0 radical (unpaired) electrons. The molecule has 4 heteroatoms. The number of alkyl carbamates (subject to hydrolysis) is 1. The molecule has 0 heterocycles. The Balaban J connectivity index is 1.68. The molecule has 1 aliphatic rings. The molecule has 1 aromatic carbocycles. The molecular weight excluding hydrogens is 312 g/mol. The second-order valence-corrected chi connectivity index (χ2v) is 8.21. The van der Waals surface area contributed by atoms with Crippen LogP contribution in [0.1, 0.15) is 64.5 Å². The molecule has 1 aromatic rings. The molecule has 140 valence electrons. The van der Waals surface area contributed by atoms with Crippen molar-refractivity contribution in [2.24, 2.45) is 5.92 Å². The molecule has 1 atom stereocenters. The third-order valence-corrected chi connectivity index (χ3v) is 4.84. The summed E-state index contributed by atoms with van der Waals surface area (Å²) in [5.41, 5.74) is 2.09. The predicted octanol–water partition coefficient (Wildman–Crippen LogP) is 4.42. The van der Waals surface area contributed by atoms with Crippen LogP contribution in [-0.2, 0) is 17.7 Å². The highest BCUT2D eigenvalue weighted by molar-refractivity contribution is 5.67. The number of benzene rings is 1. The second kappa shape index (κ2) is 9.23. The van der Waals surface area contributed by atoms with Crippen LogP contribution in [0.3, 0.4) is 0 Å². The molecule has 2 N–H and O–H groups in total. The zero-order valence-corrected chi connectivity index (χ0v) is 16.2. The first kappa shape index (κ1) is 19.8. The van der Waals surface area contributed by atoms with Gasteiger partial charge in [-0.3, -0.25) is 0 Å². The van der Waals surface area contributed by atoms with E-state index >= 15 is 0 Å². The maximum atomic E-state index is 11.6. The summed E-state index contributed by atoms with van der Waals surface area (Å²) < 4.78 is 5.23. The molecule has 0 aromatic heterocycles. The van der Waals surface area contributed by atoms with Crippen molar-refractivity contribution in [1.29, 1.82) is 0 Å². The first-order valence-electron chi connectivity index (χ1n) is 9.61. The van der Waals surface area contributed by atoms with Gasteiger partial charge in [0.15, 0.2) is 0 Å². The molecule has 1 aliphatic carbocycles. The number of ether oxygens (including phenoxy) is 1. The van der Waals surface area contributed by atoms with E-state index in [1.165, 1.54) is 36.8 Å². The fourth-order valence-electron chi connectivity index (χ4n) is 3.35. The Labute approximate surface area is 152 Å². The van der Waals surface area contributed by atoms with Crippen molar-refractivity contribution in [3.8, 4) is 0 Å². The summed E-state index contributed by atoms with van der Waals surface area (Å²) in [6, 6.07) is 9.25. The van der Waals surface area contributed by atoms with E-state index in [0.29, 0.717) is 12.6 Å². The molecule has 1 amide bonds. The number of rotatable bonds is 7. The first-order valence-corrected chi connectivity index (χ1v) is 9.61. The number of nitrogens with one attached hydrogen (secondary N) is 2. The van der Waals surface area contributed by atoms with Crippen molar-refractivity contribution in [3.63, 3.8) is 0 Å². The molecule has 2 rings (SSSR count). The Morgan fingerprint density at radius 1 is 1.16 bits per heavy atom. The van der Waals surface area contributed by atoms with E-state index in [0.717, 1.165) is 18.9 Å². The summed E-state index contributed by atoms with van der Waals surface area (Å²) in [5, 5.41) is 6.47. The van der Waals surface area contributed by atoms with Crippen LogP contribution in [-0.4, -0.2) is 24.3 Å². The average molecular weight is 347 g/mol. The lowest BCUT2D eigenvalue weighted by atomic mass is 9.99. The summed E-state index contributed by atoms with van der Waals surface area (Å²) >= 11 is 0. The summed E-state index contributed by atoms with van der Waals surface area (Å²) in [6.07, 6.45) is 5.99. The fourth-order valence-corrected chi connectivity index (χ4v) is 3.35.